The first-order valence-electron chi connectivity index (χ1n) is 8.63. The van der Waals surface area contributed by atoms with Gasteiger partial charge >= 0.3 is 0 Å². The van der Waals surface area contributed by atoms with E-state index in [2.05, 4.69) is 68.4 Å². The first-order chi connectivity index (χ1) is 12.6. The molecule has 26 heavy (non-hydrogen) atoms. The summed E-state index contributed by atoms with van der Waals surface area (Å²) in [4.78, 5) is 1.00. The average Bonchev–Trinajstić information content (AvgIpc) is 3.31. The van der Waals surface area contributed by atoms with Crippen LogP contribution in [0.4, 0.5) is 0 Å². The number of aryl methyl sites for hydroxylation is 2. The van der Waals surface area contributed by atoms with Gasteiger partial charge < -0.3 is 4.74 Å². The predicted octanol–water partition coefficient (Wildman–Crippen LogP) is 5.96. The number of thiophene rings is 1. The van der Waals surface area contributed by atoms with E-state index in [1.54, 1.807) is 11.3 Å². The van der Waals surface area contributed by atoms with Crippen molar-refractivity contribution in [3.8, 4) is 6.07 Å². The van der Waals surface area contributed by atoms with Crippen LogP contribution in [0.1, 0.15) is 33.6 Å². The second kappa shape index (κ2) is 6.48. The molecule has 0 radical (unpaired) electrons. The Morgan fingerprint density at radius 1 is 0.923 bits per heavy atom. The monoisotopic (exact) mass is 357 g/mol. The van der Waals surface area contributed by atoms with Gasteiger partial charge in [0.1, 0.15) is 0 Å². The van der Waals surface area contributed by atoms with Crippen molar-refractivity contribution in [2.45, 2.75) is 25.9 Å². The molecule has 0 fully saturated rings. The summed E-state index contributed by atoms with van der Waals surface area (Å²) in [6.45, 7) is 4.15. The second-order valence-electron chi connectivity index (χ2n) is 6.73. The molecule has 0 unspecified atom stereocenters. The van der Waals surface area contributed by atoms with Crippen LogP contribution in [0.3, 0.4) is 0 Å². The molecule has 0 saturated carbocycles. The van der Waals surface area contributed by atoms with Crippen LogP contribution in [0.15, 0.2) is 71.6 Å². The molecule has 1 aromatic heterocycles. The molecule has 1 aliphatic rings. The largest absolute Gasteiger partial charge is 0.475 e. The van der Waals surface area contributed by atoms with Gasteiger partial charge in [0.05, 0.1) is 16.5 Å². The van der Waals surface area contributed by atoms with Crippen LogP contribution in [0.5, 0.6) is 0 Å². The van der Waals surface area contributed by atoms with Gasteiger partial charge in [-0.2, -0.15) is 5.26 Å². The van der Waals surface area contributed by atoms with Crippen LogP contribution < -0.4 is 0 Å². The third-order valence-electron chi connectivity index (χ3n) is 4.89. The van der Waals surface area contributed by atoms with Crippen molar-refractivity contribution in [1.29, 1.82) is 5.26 Å². The lowest BCUT2D eigenvalue weighted by molar-refractivity contribution is 0.101. The summed E-state index contributed by atoms with van der Waals surface area (Å²) < 4.78 is 6.62. The van der Waals surface area contributed by atoms with Crippen LogP contribution in [0.25, 0.3) is 5.76 Å². The van der Waals surface area contributed by atoms with Gasteiger partial charge in [-0.05, 0) is 25.3 Å². The van der Waals surface area contributed by atoms with Crippen LogP contribution in [-0.2, 0) is 10.3 Å². The summed E-state index contributed by atoms with van der Waals surface area (Å²) in [7, 11) is 0. The molecule has 0 aliphatic carbocycles. The highest BCUT2D eigenvalue weighted by Crippen LogP contribution is 2.50. The summed E-state index contributed by atoms with van der Waals surface area (Å²) in [5.74, 6) is 0.712. The van der Waals surface area contributed by atoms with Crippen molar-refractivity contribution >= 4 is 17.1 Å². The molecule has 0 saturated heterocycles. The average molecular weight is 357 g/mol. The number of hydrogen-bond donors (Lipinski definition) is 0. The van der Waals surface area contributed by atoms with E-state index in [1.165, 1.54) is 11.1 Å². The van der Waals surface area contributed by atoms with Crippen molar-refractivity contribution in [3.63, 3.8) is 0 Å². The molecule has 0 N–H and O–H groups in total. The zero-order valence-corrected chi connectivity index (χ0v) is 15.6. The standard InChI is InChI=1S/C23H19NOS/c1-16-5-9-19(10-6-16)23(20-11-7-17(2)8-12-20)14-18(15-24)22(25-23)21-4-3-13-26-21/h3-13H,14H2,1-2H3. The van der Waals surface area contributed by atoms with Crippen LogP contribution in [0.2, 0.25) is 0 Å². The molecule has 0 atom stereocenters. The van der Waals surface area contributed by atoms with Crippen LogP contribution in [0, 0.1) is 25.2 Å². The SMILES string of the molecule is Cc1ccc(C2(c3ccc(C)cc3)CC(C#N)=C(c3cccs3)O2)cc1. The lowest BCUT2D eigenvalue weighted by Gasteiger charge is -2.31. The van der Waals surface area contributed by atoms with Gasteiger partial charge in [0.15, 0.2) is 11.4 Å². The van der Waals surface area contributed by atoms with Gasteiger partial charge in [0.2, 0.25) is 0 Å². The minimum Gasteiger partial charge on any atom is -0.475 e. The maximum absolute atomic E-state index is 9.77. The number of benzene rings is 2. The van der Waals surface area contributed by atoms with E-state index in [0.717, 1.165) is 16.0 Å². The zero-order chi connectivity index (χ0) is 18.1. The molecule has 128 valence electrons. The molecule has 3 aromatic rings. The fourth-order valence-electron chi connectivity index (χ4n) is 3.43. The Kier molecular flexibility index (Phi) is 4.14. The van der Waals surface area contributed by atoms with E-state index in [1.807, 2.05) is 17.5 Å². The molecule has 4 rings (SSSR count). The van der Waals surface area contributed by atoms with Crippen molar-refractivity contribution in [2.75, 3.05) is 0 Å². The third kappa shape index (κ3) is 2.73. The van der Waals surface area contributed by atoms with E-state index in [9.17, 15) is 5.26 Å². The third-order valence-corrected chi connectivity index (χ3v) is 5.76. The summed E-state index contributed by atoms with van der Waals surface area (Å²) in [6, 6.07) is 23.2. The van der Waals surface area contributed by atoms with Crippen molar-refractivity contribution in [2.24, 2.45) is 0 Å². The molecular formula is C23H19NOS. The Balaban J connectivity index is 1.87. The van der Waals surface area contributed by atoms with Gasteiger partial charge in [0.25, 0.3) is 0 Å². The number of rotatable bonds is 3. The van der Waals surface area contributed by atoms with E-state index in [4.69, 9.17) is 4.74 Å². The Morgan fingerprint density at radius 2 is 1.50 bits per heavy atom. The zero-order valence-electron chi connectivity index (χ0n) is 14.8. The van der Waals surface area contributed by atoms with Gasteiger partial charge in [-0.25, -0.2) is 0 Å². The van der Waals surface area contributed by atoms with Gasteiger partial charge in [-0.15, -0.1) is 11.3 Å². The van der Waals surface area contributed by atoms with E-state index >= 15 is 0 Å². The molecule has 2 heterocycles. The lowest BCUT2D eigenvalue weighted by Crippen LogP contribution is -2.27. The Bertz CT molecular complexity index is 944. The molecule has 0 amide bonds. The van der Waals surface area contributed by atoms with Gasteiger partial charge in [-0.3, -0.25) is 0 Å². The molecule has 1 aliphatic heterocycles. The minimum absolute atomic E-state index is 0.544. The smallest absolute Gasteiger partial charge is 0.164 e. The Morgan fingerprint density at radius 3 is 1.96 bits per heavy atom. The second-order valence-corrected chi connectivity index (χ2v) is 7.68. The fourth-order valence-corrected chi connectivity index (χ4v) is 4.17. The van der Waals surface area contributed by atoms with Crippen LogP contribution in [-0.4, -0.2) is 0 Å². The highest BCUT2D eigenvalue weighted by Gasteiger charge is 2.44. The summed E-state index contributed by atoms with van der Waals surface area (Å²) in [5, 5.41) is 11.8. The highest BCUT2D eigenvalue weighted by atomic mass is 32.1. The normalized spacial score (nSPS) is 15.6. The topological polar surface area (TPSA) is 33.0 Å². The number of nitriles is 1. The van der Waals surface area contributed by atoms with E-state index < -0.39 is 5.60 Å². The summed E-state index contributed by atoms with van der Waals surface area (Å²) >= 11 is 1.60. The van der Waals surface area contributed by atoms with Crippen molar-refractivity contribution in [3.05, 3.63) is 98.7 Å². The highest BCUT2D eigenvalue weighted by molar-refractivity contribution is 7.11. The van der Waals surface area contributed by atoms with E-state index in [-0.39, 0.29) is 0 Å². The number of ether oxygens (including phenoxy) is 1. The van der Waals surface area contributed by atoms with Gasteiger partial charge in [0, 0.05) is 17.5 Å². The van der Waals surface area contributed by atoms with Crippen molar-refractivity contribution in [1.82, 2.24) is 0 Å². The van der Waals surface area contributed by atoms with E-state index in [0.29, 0.717) is 17.8 Å². The quantitative estimate of drug-likeness (QED) is 0.579. The van der Waals surface area contributed by atoms with Crippen LogP contribution >= 0.6 is 11.3 Å². The fraction of sp³-hybridized carbons (Fsp3) is 0.174. The molecule has 3 heteroatoms. The molecule has 2 aromatic carbocycles. The first-order valence-corrected chi connectivity index (χ1v) is 9.51. The molecule has 0 bridgehead atoms. The molecular weight excluding hydrogens is 338 g/mol. The molecule has 2 nitrogen and oxygen atoms in total. The minimum atomic E-state index is -0.661. The predicted molar refractivity (Wildman–Crippen MR) is 106 cm³/mol. The first kappa shape index (κ1) is 16.6. The Hall–Kier alpha value is -2.83. The summed E-state index contributed by atoms with van der Waals surface area (Å²) in [5.41, 5.74) is 4.60. The Labute approximate surface area is 158 Å². The maximum Gasteiger partial charge on any atom is 0.164 e. The lowest BCUT2D eigenvalue weighted by atomic mass is 9.82. The number of nitrogens with zero attached hydrogens (tertiary/aromatic N) is 1. The van der Waals surface area contributed by atoms with Gasteiger partial charge in [-0.1, -0.05) is 65.7 Å². The van der Waals surface area contributed by atoms with Crippen molar-refractivity contribution < 1.29 is 4.74 Å². The number of hydrogen-bond acceptors (Lipinski definition) is 3. The summed E-state index contributed by atoms with van der Waals surface area (Å²) in [6.07, 6.45) is 0.544. The molecule has 0 spiro atoms. The maximum atomic E-state index is 9.77.